The van der Waals surface area contributed by atoms with Gasteiger partial charge in [-0.1, -0.05) is 0 Å². The molecule has 0 aromatic rings. The number of nitrogens with zero attached hydrogens (tertiary/aromatic N) is 1. The molecule has 0 aromatic carbocycles. The van der Waals surface area contributed by atoms with E-state index in [-0.39, 0.29) is 32.1 Å². The van der Waals surface area contributed by atoms with Gasteiger partial charge in [-0.15, -0.1) is 0 Å². The number of piperidine rings is 1. The van der Waals surface area contributed by atoms with Crippen LogP contribution in [0.3, 0.4) is 0 Å². The second kappa shape index (κ2) is 8.06. The summed E-state index contributed by atoms with van der Waals surface area (Å²) in [4.78, 5) is 0. The fourth-order valence-electron chi connectivity index (χ4n) is 2.23. The lowest BCUT2D eigenvalue weighted by Crippen LogP contribution is -2.38. The van der Waals surface area contributed by atoms with E-state index in [1.165, 1.54) is 4.31 Å². The lowest BCUT2D eigenvalue weighted by molar-refractivity contribution is 0.217. The molecule has 0 aromatic heterocycles. The molecule has 0 bridgehead atoms. The fraction of sp³-hybridized carbons (Fsp3) is 1.00. The van der Waals surface area contributed by atoms with Gasteiger partial charge >= 0.3 is 0 Å². The number of sulfonamides is 1. The normalized spacial score (nSPS) is 18.4. The van der Waals surface area contributed by atoms with Crippen LogP contribution in [0.4, 0.5) is 0 Å². The van der Waals surface area contributed by atoms with Crippen LogP contribution < -0.4 is 5.32 Å². The molecule has 1 heterocycles. The highest BCUT2D eigenvalue weighted by Gasteiger charge is 2.23. The van der Waals surface area contributed by atoms with Crippen molar-refractivity contribution in [3.05, 3.63) is 0 Å². The largest absolute Gasteiger partial charge is 0.395 e. The van der Waals surface area contributed by atoms with Crippen molar-refractivity contribution < 1.29 is 18.6 Å². The molecule has 0 spiro atoms. The van der Waals surface area contributed by atoms with Crippen LogP contribution in [-0.4, -0.2) is 68.1 Å². The van der Waals surface area contributed by atoms with Gasteiger partial charge in [-0.3, -0.25) is 0 Å². The van der Waals surface area contributed by atoms with Crippen molar-refractivity contribution in [1.82, 2.24) is 9.62 Å². The van der Waals surface area contributed by atoms with Crippen LogP contribution in [0.5, 0.6) is 0 Å². The molecule has 1 saturated heterocycles. The zero-order valence-electron chi connectivity index (χ0n) is 10.7. The molecule has 6 nitrogen and oxygen atoms in total. The first kappa shape index (κ1) is 15.8. The Hall–Kier alpha value is -0.210. The molecule has 1 aliphatic heterocycles. The molecule has 3 N–H and O–H groups in total. The molecule has 0 saturated carbocycles. The molecule has 1 fully saturated rings. The van der Waals surface area contributed by atoms with Gasteiger partial charge in [0, 0.05) is 13.1 Å². The molecular weight excluding hydrogens is 256 g/mol. The number of aliphatic hydroxyl groups is 2. The quantitative estimate of drug-likeness (QED) is 0.530. The Morgan fingerprint density at radius 3 is 2.17 bits per heavy atom. The summed E-state index contributed by atoms with van der Waals surface area (Å²) in [5.74, 6) is 0.573. The lowest BCUT2D eigenvalue weighted by atomic mass is 9.96. The maximum Gasteiger partial charge on any atom is 0.214 e. The van der Waals surface area contributed by atoms with Crippen molar-refractivity contribution in [2.75, 3.05) is 45.1 Å². The summed E-state index contributed by atoms with van der Waals surface area (Å²) >= 11 is 0. The zero-order chi connectivity index (χ0) is 13.4. The van der Waals surface area contributed by atoms with Gasteiger partial charge in [-0.25, -0.2) is 8.42 Å². The van der Waals surface area contributed by atoms with Crippen LogP contribution >= 0.6 is 0 Å². The average Bonchev–Trinajstić information content (AvgIpc) is 2.37. The van der Waals surface area contributed by atoms with Crippen LogP contribution in [0, 0.1) is 5.92 Å². The predicted octanol–water partition coefficient (Wildman–Crippen LogP) is -1.01. The van der Waals surface area contributed by atoms with E-state index >= 15 is 0 Å². The van der Waals surface area contributed by atoms with Gasteiger partial charge in [0.25, 0.3) is 0 Å². The molecule has 0 radical (unpaired) electrons. The molecule has 0 amide bonds. The summed E-state index contributed by atoms with van der Waals surface area (Å²) in [6.45, 7) is 1.62. The molecule has 7 heteroatoms. The fourth-order valence-corrected chi connectivity index (χ4v) is 3.84. The smallest absolute Gasteiger partial charge is 0.214 e. The Morgan fingerprint density at radius 1 is 1.11 bits per heavy atom. The van der Waals surface area contributed by atoms with Gasteiger partial charge in [0.15, 0.2) is 0 Å². The monoisotopic (exact) mass is 280 g/mol. The van der Waals surface area contributed by atoms with E-state index in [1.54, 1.807) is 0 Å². The van der Waals surface area contributed by atoms with Gasteiger partial charge in [-0.05, 0) is 38.3 Å². The number of hydrogen-bond donors (Lipinski definition) is 3. The first-order chi connectivity index (χ1) is 8.60. The van der Waals surface area contributed by atoms with Crippen molar-refractivity contribution in [3.8, 4) is 0 Å². The van der Waals surface area contributed by atoms with E-state index < -0.39 is 10.0 Å². The molecule has 0 atom stereocenters. The molecule has 18 heavy (non-hydrogen) atoms. The minimum Gasteiger partial charge on any atom is -0.395 e. The second-order valence-corrected chi connectivity index (χ2v) is 6.73. The average molecular weight is 280 g/mol. The van der Waals surface area contributed by atoms with Gasteiger partial charge in [0.1, 0.15) is 0 Å². The summed E-state index contributed by atoms with van der Waals surface area (Å²) in [5, 5.41) is 20.9. The minimum atomic E-state index is -3.35. The van der Waals surface area contributed by atoms with E-state index in [0.717, 1.165) is 25.9 Å². The van der Waals surface area contributed by atoms with Crippen LogP contribution in [0.25, 0.3) is 0 Å². The van der Waals surface area contributed by atoms with E-state index in [1.807, 2.05) is 0 Å². The van der Waals surface area contributed by atoms with E-state index in [4.69, 9.17) is 10.2 Å². The highest BCUT2D eigenvalue weighted by Crippen LogP contribution is 2.17. The highest BCUT2D eigenvalue weighted by molar-refractivity contribution is 7.89. The van der Waals surface area contributed by atoms with Gasteiger partial charge in [0.2, 0.25) is 10.0 Å². The molecule has 1 rings (SSSR count). The number of hydrogen-bond acceptors (Lipinski definition) is 5. The maximum absolute atomic E-state index is 12.0. The topological polar surface area (TPSA) is 89.9 Å². The predicted molar refractivity (Wildman–Crippen MR) is 69.7 cm³/mol. The SMILES string of the molecule is O=S(=O)(CCC1CCNCC1)N(CCO)CCO. The first-order valence-electron chi connectivity index (χ1n) is 6.50. The molecule has 0 aliphatic carbocycles. The molecular formula is C11H24N2O4S. The summed E-state index contributed by atoms with van der Waals surface area (Å²) in [6.07, 6.45) is 2.71. The third kappa shape index (κ3) is 5.19. The number of rotatable bonds is 8. The maximum atomic E-state index is 12.0. The Kier molecular flexibility index (Phi) is 7.10. The second-order valence-electron chi connectivity index (χ2n) is 4.64. The summed E-state index contributed by atoms with van der Waals surface area (Å²) in [6, 6.07) is 0. The Labute approximate surface area is 109 Å². The van der Waals surface area contributed by atoms with Crippen LogP contribution in [0.2, 0.25) is 0 Å². The van der Waals surface area contributed by atoms with Crippen LogP contribution in [-0.2, 0) is 10.0 Å². The van der Waals surface area contributed by atoms with Crippen molar-refractivity contribution in [2.24, 2.45) is 5.92 Å². The van der Waals surface area contributed by atoms with E-state index in [0.29, 0.717) is 12.3 Å². The van der Waals surface area contributed by atoms with Crippen molar-refractivity contribution in [3.63, 3.8) is 0 Å². The molecule has 0 unspecified atom stereocenters. The highest BCUT2D eigenvalue weighted by atomic mass is 32.2. The lowest BCUT2D eigenvalue weighted by Gasteiger charge is -2.25. The van der Waals surface area contributed by atoms with Gasteiger partial charge < -0.3 is 15.5 Å². The summed E-state index contributed by atoms with van der Waals surface area (Å²) in [5.41, 5.74) is 0. The standard InChI is InChI=1S/C11H24N2O4S/c14-8-6-13(7-9-15)18(16,17)10-3-11-1-4-12-5-2-11/h11-12,14-15H,1-10H2. The Morgan fingerprint density at radius 2 is 1.67 bits per heavy atom. The minimum absolute atomic E-state index is 0.0646. The Balaban J connectivity index is 2.45. The van der Waals surface area contributed by atoms with Crippen molar-refractivity contribution in [2.45, 2.75) is 19.3 Å². The zero-order valence-corrected chi connectivity index (χ0v) is 11.5. The molecule has 108 valence electrons. The summed E-state index contributed by atoms with van der Waals surface area (Å²) in [7, 11) is -3.35. The molecule has 1 aliphatic rings. The third-order valence-electron chi connectivity index (χ3n) is 3.33. The van der Waals surface area contributed by atoms with E-state index in [9.17, 15) is 8.42 Å². The third-order valence-corrected chi connectivity index (χ3v) is 5.24. The van der Waals surface area contributed by atoms with Gasteiger partial charge in [0.05, 0.1) is 19.0 Å². The number of nitrogens with one attached hydrogen (secondary N) is 1. The van der Waals surface area contributed by atoms with Crippen LogP contribution in [0.15, 0.2) is 0 Å². The van der Waals surface area contributed by atoms with Crippen molar-refractivity contribution in [1.29, 1.82) is 0 Å². The first-order valence-corrected chi connectivity index (χ1v) is 8.11. The van der Waals surface area contributed by atoms with Crippen LogP contribution in [0.1, 0.15) is 19.3 Å². The van der Waals surface area contributed by atoms with Gasteiger partial charge in [-0.2, -0.15) is 4.31 Å². The summed E-state index contributed by atoms with van der Waals surface area (Å²) < 4.78 is 25.3. The Bertz CT molecular complexity index is 309. The van der Waals surface area contributed by atoms with E-state index in [2.05, 4.69) is 5.32 Å². The number of aliphatic hydroxyl groups excluding tert-OH is 2. The van der Waals surface area contributed by atoms with Crippen molar-refractivity contribution >= 4 is 10.0 Å².